The third-order valence-corrected chi connectivity index (χ3v) is 3.72. The van der Waals surface area contributed by atoms with Crippen LogP contribution in [0.25, 0.3) is 10.9 Å². The van der Waals surface area contributed by atoms with Crippen LogP contribution in [0.4, 0.5) is 5.69 Å². The number of ketones is 1. The number of anilines is 1. The Morgan fingerprint density at radius 1 is 1.29 bits per heavy atom. The fourth-order valence-corrected chi connectivity index (χ4v) is 2.57. The summed E-state index contributed by atoms with van der Waals surface area (Å²) in [5, 5.41) is 1.38. The van der Waals surface area contributed by atoms with Gasteiger partial charge in [0.2, 0.25) is 0 Å². The average Bonchev–Trinajstić information content (AvgIpc) is 2.92. The molecule has 0 fully saturated rings. The number of nitrogens with two attached hydrogens (primary N) is 1. The summed E-state index contributed by atoms with van der Waals surface area (Å²) in [6.45, 7) is 0. The van der Waals surface area contributed by atoms with Crippen LogP contribution in [0.1, 0.15) is 15.9 Å². The normalized spacial score (nSPS) is 10.8. The number of benzene rings is 2. The molecule has 0 spiro atoms. The molecule has 0 saturated heterocycles. The summed E-state index contributed by atoms with van der Waals surface area (Å²) in [7, 11) is 1.54. The van der Waals surface area contributed by atoms with E-state index in [0.29, 0.717) is 27.6 Å². The van der Waals surface area contributed by atoms with Crippen LogP contribution in [-0.4, -0.2) is 17.9 Å². The zero-order valence-corrected chi connectivity index (χ0v) is 12.1. The summed E-state index contributed by atoms with van der Waals surface area (Å²) < 4.78 is 5.10. The molecule has 0 bridgehead atoms. The molecule has 3 rings (SSSR count). The summed E-state index contributed by atoms with van der Waals surface area (Å²) >= 11 is 6.11. The fraction of sp³-hybridized carbons (Fsp3) is 0.0625. The highest BCUT2D eigenvalue weighted by atomic mass is 35.5. The van der Waals surface area contributed by atoms with Gasteiger partial charge in [0, 0.05) is 22.7 Å². The highest BCUT2D eigenvalue weighted by Crippen LogP contribution is 2.28. The third kappa shape index (κ3) is 2.23. The molecule has 2 aromatic carbocycles. The van der Waals surface area contributed by atoms with Crippen molar-refractivity contribution < 1.29 is 9.53 Å². The predicted molar refractivity (Wildman–Crippen MR) is 84.1 cm³/mol. The molecule has 1 aromatic heterocycles. The van der Waals surface area contributed by atoms with Gasteiger partial charge in [-0.2, -0.15) is 0 Å². The molecule has 0 aliphatic carbocycles. The Labute approximate surface area is 126 Å². The number of ether oxygens (including phenoxy) is 1. The Morgan fingerprint density at radius 3 is 2.81 bits per heavy atom. The first-order chi connectivity index (χ1) is 10.1. The van der Waals surface area contributed by atoms with Crippen molar-refractivity contribution in [3.63, 3.8) is 0 Å². The second-order valence-corrected chi connectivity index (χ2v) is 5.06. The number of nitrogens with one attached hydrogen (secondary N) is 1. The van der Waals surface area contributed by atoms with E-state index in [4.69, 9.17) is 22.1 Å². The van der Waals surface area contributed by atoms with Crippen molar-refractivity contribution in [2.45, 2.75) is 0 Å². The van der Waals surface area contributed by atoms with Crippen LogP contribution in [0.2, 0.25) is 5.02 Å². The fourth-order valence-electron chi connectivity index (χ4n) is 2.34. The molecule has 0 saturated carbocycles. The molecule has 0 aliphatic heterocycles. The monoisotopic (exact) mass is 300 g/mol. The Kier molecular flexibility index (Phi) is 3.31. The number of hydrogen-bond acceptors (Lipinski definition) is 3. The highest BCUT2D eigenvalue weighted by molar-refractivity contribution is 6.35. The zero-order chi connectivity index (χ0) is 15.0. The first-order valence-corrected chi connectivity index (χ1v) is 6.73. The van der Waals surface area contributed by atoms with Crippen LogP contribution in [0.3, 0.4) is 0 Å². The summed E-state index contributed by atoms with van der Waals surface area (Å²) in [6.07, 6.45) is 1.67. The molecule has 0 aliphatic rings. The van der Waals surface area contributed by atoms with Gasteiger partial charge in [0.15, 0.2) is 5.78 Å². The molecular weight excluding hydrogens is 288 g/mol. The first-order valence-electron chi connectivity index (χ1n) is 6.35. The van der Waals surface area contributed by atoms with E-state index in [2.05, 4.69) is 4.98 Å². The van der Waals surface area contributed by atoms with Gasteiger partial charge in [-0.1, -0.05) is 23.7 Å². The van der Waals surface area contributed by atoms with Gasteiger partial charge in [0.25, 0.3) is 0 Å². The van der Waals surface area contributed by atoms with Gasteiger partial charge in [0.05, 0.1) is 23.3 Å². The second kappa shape index (κ2) is 5.14. The summed E-state index contributed by atoms with van der Waals surface area (Å²) in [5.74, 6) is 0.436. The maximum absolute atomic E-state index is 12.6. The van der Waals surface area contributed by atoms with Crippen molar-refractivity contribution in [3.8, 4) is 5.75 Å². The van der Waals surface area contributed by atoms with E-state index in [-0.39, 0.29) is 5.78 Å². The van der Waals surface area contributed by atoms with E-state index in [1.807, 2.05) is 12.1 Å². The number of aromatic amines is 1. The van der Waals surface area contributed by atoms with E-state index < -0.39 is 0 Å². The molecule has 21 heavy (non-hydrogen) atoms. The van der Waals surface area contributed by atoms with Gasteiger partial charge in [-0.25, -0.2) is 0 Å². The van der Waals surface area contributed by atoms with E-state index in [0.717, 1.165) is 10.9 Å². The summed E-state index contributed by atoms with van der Waals surface area (Å²) in [5.41, 5.74) is 8.11. The number of nitrogen functional groups attached to an aromatic ring is 1. The zero-order valence-electron chi connectivity index (χ0n) is 11.3. The molecule has 1 heterocycles. The van der Waals surface area contributed by atoms with Crippen LogP contribution < -0.4 is 10.5 Å². The molecule has 106 valence electrons. The van der Waals surface area contributed by atoms with Crippen LogP contribution in [0, 0.1) is 0 Å². The van der Waals surface area contributed by atoms with Crippen molar-refractivity contribution >= 4 is 34.0 Å². The number of fused-ring (bicyclic) bond motifs is 1. The maximum Gasteiger partial charge on any atom is 0.195 e. The maximum atomic E-state index is 12.6. The Balaban J connectivity index is 2.08. The number of methoxy groups -OCH3 is 1. The number of hydrogen-bond donors (Lipinski definition) is 2. The first kappa shape index (κ1) is 13.5. The quantitative estimate of drug-likeness (QED) is 0.573. The van der Waals surface area contributed by atoms with Crippen LogP contribution in [-0.2, 0) is 0 Å². The summed E-state index contributed by atoms with van der Waals surface area (Å²) in [6, 6.07) is 10.4. The van der Waals surface area contributed by atoms with Crippen molar-refractivity contribution in [2.24, 2.45) is 0 Å². The molecular formula is C16H13ClN2O2. The van der Waals surface area contributed by atoms with Crippen LogP contribution >= 0.6 is 11.6 Å². The minimum absolute atomic E-state index is 0.113. The third-order valence-electron chi connectivity index (χ3n) is 3.40. The average molecular weight is 301 g/mol. The topological polar surface area (TPSA) is 68.1 Å². The lowest BCUT2D eigenvalue weighted by Gasteiger charge is -2.06. The van der Waals surface area contributed by atoms with Gasteiger partial charge in [-0.3, -0.25) is 4.79 Å². The Hall–Kier alpha value is -2.46. The highest BCUT2D eigenvalue weighted by Gasteiger charge is 2.16. The van der Waals surface area contributed by atoms with E-state index in [9.17, 15) is 4.79 Å². The van der Waals surface area contributed by atoms with Crippen molar-refractivity contribution in [1.29, 1.82) is 0 Å². The number of aromatic nitrogens is 1. The van der Waals surface area contributed by atoms with Crippen molar-refractivity contribution in [1.82, 2.24) is 4.98 Å². The SMILES string of the molecule is COc1ccc(C(=O)c2c[nH]c3c(Cl)cccc23)cc1N. The number of rotatable bonds is 3. The Morgan fingerprint density at radius 2 is 2.10 bits per heavy atom. The van der Waals surface area contributed by atoms with Crippen LogP contribution in [0.5, 0.6) is 5.75 Å². The van der Waals surface area contributed by atoms with Gasteiger partial charge < -0.3 is 15.5 Å². The molecule has 0 atom stereocenters. The number of H-pyrrole nitrogens is 1. The predicted octanol–water partition coefficient (Wildman–Crippen LogP) is 3.64. The molecule has 0 unspecified atom stereocenters. The molecule has 5 heteroatoms. The standard InChI is InChI=1S/C16H13ClN2O2/c1-21-14-6-5-9(7-13(14)18)16(20)11-8-19-15-10(11)3-2-4-12(15)17/h2-8,19H,18H2,1H3. The van der Waals surface area contributed by atoms with Gasteiger partial charge in [-0.05, 0) is 24.3 Å². The molecule has 4 nitrogen and oxygen atoms in total. The number of para-hydroxylation sites is 1. The molecule has 0 radical (unpaired) electrons. The molecule has 3 aromatic rings. The van der Waals surface area contributed by atoms with E-state index in [1.165, 1.54) is 7.11 Å². The minimum Gasteiger partial charge on any atom is -0.495 e. The van der Waals surface area contributed by atoms with Crippen molar-refractivity contribution in [2.75, 3.05) is 12.8 Å². The minimum atomic E-state index is -0.113. The van der Waals surface area contributed by atoms with E-state index in [1.54, 1.807) is 30.5 Å². The number of carbonyl (C=O) groups excluding carboxylic acids is 1. The molecule has 0 amide bonds. The largest absolute Gasteiger partial charge is 0.495 e. The lowest BCUT2D eigenvalue weighted by atomic mass is 10.0. The lowest BCUT2D eigenvalue weighted by molar-refractivity contribution is 0.104. The lowest BCUT2D eigenvalue weighted by Crippen LogP contribution is -2.02. The summed E-state index contributed by atoms with van der Waals surface area (Å²) in [4.78, 5) is 15.7. The van der Waals surface area contributed by atoms with Crippen molar-refractivity contribution in [3.05, 3.63) is 58.7 Å². The number of carbonyl (C=O) groups is 1. The van der Waals surface area contributed by atoms with Gasteiger partial charge in [0.1, 0.15) is 5.75 Å². The molecule has 3 N–H and O–H groups in total. The Bertz CT molecular complexity index is 839. The second-order valence-electron chi connectivity index (χ2n) is 4.65. The van der Waals surface area contributed by atoms with Gasteiger partial charge in [-0.15, -0.1) is 0 Å². The number of halogens is 1. The van der Waals surface area contributed by atoms with E-state index >= 15 is 0 Å². The van der Waals surface area contributed by atoms with Gasteiger partial charge >= 0.3 is 0 Å². The van der Waals surface area contributed by atoms with Crippen LogP contribution in [0.15, 0.2) is 42.6 Å². The smallest absolute Gasteiger partial charge is 0.195 e.